The Labute approximate surface area is 184 Å². The molecule has 0 bridgehead atoms. The summed E-state index contributed by atoms with van der Waals surface area (Å²) in [5.74, 6) is -1.05. The van der Waals surface area contributed by atoms with Crippen LogP contribution in [0.25, 0.3) is 0 Å². The van der Waals surface area contributed by atoms with Gasteiger partial charge in [0.1, 0.15) is 10.8 Å². The highest BCUT2D eigenvalue weighted by atomic mass is 32.1. The van der Waals surface area contributed by atoms with E-state index in [1.54, 1.807) is 11.0 Å². The summed E-state index contributed by atoms with van der Waals surface area (Å²) in [6, 6.07) is 23.1. The number of nitriles is 1. The van der Waals surface area contributed by atoms with E-state index in [0.717, 1.165) is 16.8 Å². The predicted octanol–water partition coefficient (Wildman–Crippen LogP) is 5.18. The fraction of sp³-hybridized carbons (Fsp3) is 0.125. The van der Waals surface area contributed by atoms with E-state index in [1.807, 2.05) is 73.0 Å². The van der Waals surface area contributed by atoms with Crippen LogP contribution in [0.15, 0.2) is 83.5 Å². The van der Waals surface area contributed by atoms with Crippen molar-refractivity contribution in [3.8, 4) is 6.07 Å². The number of hydrogen-bond acceptors (Lipinski definition) is 5. The number of Topliss-reactive ketones (excluding diaryl/α,β-unsaturated/α-hetero) is 1. The Kier molecular flexibility index (Phi) is 5.49. The third-order valence-electron chi connectivity index (χ3n) is 5.27. The van der Waals surface area contributed by atoms with Crippen LogP contribution < -0.4 is 10.6 Å². The number of nitrogens with zero attached hydrogens (tertiary/aromatic N) is 2. The smallest absolute Gasteiger partial charge is 0.183 e. The highest BCUT2D eigenvalue weighted by Gasteiger charge is 2.44. The largest absolute Gasteiger partial charge is 0.384 e. The third-order valence-corrected chi connectivity index (χ3v) is 6.59. The standard InChI is InChI=1S/C24H19N3OS2/c1-15-9-11-17(12-10-15)27-23(26)18(14-25)20(16-6-3-2-4-7-16)21(24(27)29)22(28)19-8-5-13-30-19/h2-13,20-21H,26H2,1H3. The highest BCUT2D eigenvalue weighted by Crippen LogP contribution is 2.43. The molecule has 0 radical (unpaired) electrons. The summed E-state index contributed by atoms with van der Waals surface area (Å²) in [6.07, 6.45) is 0. The second-order valence-corrected chi connectivity index (χ2v) is 8.49. The zero-order valence-electron chi connectivity index (χ0n) is 16.3. The maximum atomic E-state index is 13.6. The van der Waals surface area contributed by atoms with Crippen molar-refractivity contribution in [3.63, 3.8) is 0 Å². The monoisotopic (exact) mass is 429 g/mol. The van der Waals surface area contributed by atoms with Crippen molar-refractivity contribution in [1.82, 2.24) is 0 Å². The number of thiophene rings is 1. The molecule has 0 saturated heterocycles. The number of carbonyl (C=O) groups is 1. The van der Waals surface area contributed by atoms with E-state index in [-0.39, 0.29) is 11.6 Å². The van der Waals surface area contributed by atoms with Gasteiger partial charge in [0.2, 0.25) is 0 Å². The van der Waals surface area contributed by atoms with Gasteiger partial charge in [-0.1, -0.05) is 66.3 Å². The van der Waals surface area contributed by atoms with Gasteiger partial charge in [-0.3, -0.25) is 9.69 Å². The third kappa shape index (κ3) is 3.43. The first kappa shape index (κ1) is 20.0. The molecular weight excluding hydrogens is 410 g/mol. The lowest BCUT2D eigenvalue weighted by Gasteiger charge is -2.39. The molecule has 2 heterocycles. The SMILES string of the molecule is Cc1ccc(N2C(=S)C(C(=O)c3cccs3)C(c3ccccc3)C(C#N)=C2N)cc1. The molecule has 30 heavy (non-hydrogen) atoms. The molecule has 1 aliphatic heterocycles. The lowest BCUT2D eigenvalue weighted by molar-refractivity contribution is 0.0949. The number of benzene rings is 2. The average Bonchev–Trinajstić information content (AvgIpc) is 3.30. The minimum absolute atomic E-state index is 0.0961. The lowest BCUT2D eigenvalue weighted by atomic mass is 9.75. The summed E-state index contributed by atoms with van der Waals surface area (Å²) in [7, 11) is 0. The lowest BCUT2D eigenvalue weighted by Crippen LogP contribution is -2.48. The van der Waals surface area contributed by atoms with Crippen molar-refractivity contribution in [1.29, 1.82) is 5.26 Å². The van der Waals surface area contributed by atoms with Crippen molar-refractivity contribution in [2.75, 3.05) is 4.90 Å². The number of aryl methyl sites for hydroxylation is 1. The Balaban J connectivity index is 1.93. The predicted molar refractivity (Wildman–Crippen MR) is 124 cm³/mol. The number of nitrogens with two attached hydrogens (primary N) is 1. The second kappa shape index (κ2) is 8.23. The fourth-order valence-corrected chi connectivity index (χ4v) is 4.94. The zero-order chi connectivity index (χ0) is 21.3. The normalized spacial score (nSPS) is 18.9. The second-order valence-electron chi connectivity index (χ2n) is 7.13. The molecule has 1 aromatic heterocycles. The van der Waals surface area contributed by atoms with Crippen LogP contribution in [0.3, 0.4) is 0 Å². The van der Waals surface area contributed by atoms with E-state index in [2.05, 4.69) is 6.07 Å². The summed E-state index contributed by atoms with van der Waals surface area (Å²) >= 11 is 7.23. The molecule has 4 rings (SSSR count). The van der Waals surface area contributed by atoms with Crippen LogP contribution in [-0.2, 0) is 0 Å². The number of allylic oxidation sites excluding steroid dienone is 1. The maximum absolute atomic E-state index is 13.6. The average molecular weight is 430 g/mol. The Hall–Kier alpha value is -3.27. The summed E-state index contributed by atoms with van der Waals surface area (Å²) in [4.78, 5) is 16.3. The molecule has 0 spiro atoms. The molecule has 4 nitrogen and oxygen atoms in total. The minimum atomic E-state index is -0.704. The van der Waals surface area contributed by atoms with Crippen LogP contribution in [0.1, 0.15) is 26.7 Å². The summed E-state index contributed by atoms with van der Waals surface area (Å²) < 4.78 is 0. The quantitative estimate of drug-likeness (QED) is 0.457. The van der Waals surface area contributed by atoms with Gasteiger partial charge in [0, 0.05) is 11.6 Å². The Bertz CT molecular complexity index is 1160. The van der Waals surface area contributed by atoms with Crippen molar-refractivity contribution in [2.24, 2.45) is 11.7 Å². The van der Waals surface area contributed by atoms with Gasteiger partial charge in [0.15, 0.2) is 5.78 Å². The molecular formula is C24H19N3OS2. The van der Waals surface area contributed by atoms with Crippen LogP contribution >= 0.6 is 23.6 Å². The van der Waals surface area contributed by atoms with Gasteiger partial charge in [0.05, 0.1) is 22.4 Å². The summed E-state index contributed by atoms with van der Waals surface area (Å²) in [5.41, 5.74) is 9.52. The first-order chi connectivity index (χ1) is 14.5. The number of thiocarbonyl (C=S) groups is 1. The van der Waals surface area contributed by atoms with E-state index in [4.69, 9.17) is 18.0 Å². The Morgan fingerprint density at radius 2 is 1.80 bits per heavy atom. The summed E-state index contributed by atoms with van der Waals surface area (Å²) in [5, 5.41) is 11.9. The molecule has 2 atom stereocenters. The van der Waals surface area contributed by atoms with Gasteiger partial charge in [-0.25, -0.2) is 0 Å². The zero-order valence-corrected chi connectivity index (χ0v) is 17.9. The number of ketones is 1. The topological polar surface area (TPSA) is 70.1 Å². The summed E-state index contributed by atoms with van der Waals surface area (Å²) in [6.45, 7) is 1.99. The highest BCUT2D eigenvalue weighted by molar-refractivity contribution is 7.80. The van der Waals surface area contributed by atoms with Crippen LogP contribution in [0.2, 0.25) is 0 Å². The van der Waals surface area contributed by atoms with Crippen molar-refractivity contribution < 1.29 is 4.79 Å². The van der Waals surface area contributed by atoms with Crippen molar-refractivity contribution in [2.45, 2.75) is 12.8 Å². The van der Waals surface area contributed by atoms with Gasteiger partial charge in [-0.05, 0) is 36.1 Å². The molecule has 2 unspecified atom stereocenters. The molecule has 0 fully saturated rings. The Morgan fingerprint density at radius 1 is 1.10 bits per heavy atom. The minimum Gasteiger partial charge on any atom is -0.384 e. The van der Waals surface area contributed by atoms with Gasteiger partial charge in [-0.15, -0.1) is 11.3 Å². The first-order valence-corrected chi connectivity index (χ1v) is 10.7. The number of anilines is 1. The van der Waals surface area contributed by atoms with Gasteiger partial charge in [-0.2, -0.15) is 5.26 Å². The van der Waals surface area contributed by atoms with E-state index >= 15 is 0 Å². The molecule has 2 N–H and O–H groups in total. The van der Waals surface area contributed by atoms with Crippen LogP contribution in [0.5, 0.6) is 0 Å². The van der Waals surface area contributed by atoms with E-state index in [9.17, 15) is 10.1 Å². The number of carbonyl (C=O) groups excluding carboxylic acids is 1. The number of rotatable bonds is 4. The Morgan fingerprint density at radius 3 is 2.40 bits per heavy atom. The van der Waals surface area contributed by atoms with E-state index in [1.165, 1.54) is 11.3 Å². The van der Waals surface area contributed by atoms with Crippen LogP contribution in [0.4, 0.5) is 5.69 Å². The molecule has 6 heteroatoms. The molecule has 0 aliphatic carbocycles. The van der Waals surface area contributed by atoms with Crippen LogP contribution in [-0.4, -0.2) is 10.8 Å². The first-order valence-electron chi connectivity index (χ1n) is 9.46. The van der Waals surface area contributed by atoms with Gasteiger partial charge >= 0.3 is 0 Å². The van der Waals surface area contributed by atoms with Crippen molar-refractivity contribution in [3.05, 3.63) is 99.5 Å². The maximum Gasteiger partial charge on any atom is 0.183 e. The van der Waals surface area contributed by atoms with Crippen molar-refractivity contribution >= 4 is 40.0 Å². The molecule has 2 aromatic carbocycles. The van der Waals surface area contributed by atoms with E-state index in [0.29, 0.717) is 15.4 Å². The van der Waals surface area contributed by atoms with Crippen LogP contribution in [0, 0.1) is 24.2 Å². The van der Waals surface area contributed by atoms with Gasteiger partial charge in [0.25, 0.3) is 0 Å². The van der Waals surface area contributed by atoms with E-state index < -0.39 is 11.8 Å². The molecule has 1 aliphatic rings. The molecule has 0 saturated carbocycles. The number of hydrogen-bond donors (Lipinski definition) is 1. The molecule has 3 aromatic rings. The molecule has 0 amide bonds. The fourth-order valence-electron chi connectivity index (χ4n) is 3.79. The van der Waals surface area contributed by atoms with Gasteiger partial charge < -0.3 is 5.73 Å². The molecule has 148 valence electrons.